The predicted octanol–water partition coefficient (Wildman–Crippen LogP) is 1.61. The van der Waals surface area contributed by atoms with Crippen LogP contribution in [0.25, 0.3) is 0 Å². The Balaban J connectivity index is 2.05. The fraction of sp³-hybridized carbons (Fsp3) is 0.692. The third-order valence-electron chi connectivity index (χ3n) is 4.70. The first kappa shape index (κ1) is 10.8. The van der Waals surface area contributed by atoms with Crippen LogP contribution in [0, 0.1) is 23.2 Å². The van der Waals surface area contributed by atoms with Crippen LogP contribution >= 0.6 is 0 Å². The smallest absolute Gasteiger partial charge is 0.311 e. The van der Waals surface area contributed by atoms with Crippen LogP contribution in [0.3, 0.4) is 0 Å². The van der Waals surface area contributed by atoms with Crippen molar-refractivity contribution in [1.29, 1.82) is 0 Å². The van der Waals surface area contributed by atoms with E-state index in [-0.39, 0.29) is 11.4 Å². The molecule has 1 spiro atoms. The Hall–Kier alpha value is -1.32. The fourth-order valence-corrected chi connectivity index (χ4v) is 3.86. The summed E-state index contributed by atoms with van der Waals surface area (Å²) in [4.78, 5) is 23.1. The molecule has 2 unspecified atom stereocenters. The molecule has 4 heteroatoms. The van der Waals surface area contributed by atoms with Gasteiger partial charge in [0.15, 0.2) is 0 Å². The quantitative estimate of drug-likeness (QED) is 0.555. The van der Waals surface area contributed by atoms with Crippen molar-refractivity contribution in [3.63, 3.8) is 0 Å². The minimum absolute atomic E-state index is 0.229. The minimum atomic E-state index is -0.909. The number of ether oxygens (including phenoxy) is 1. The molecule has 17 heavy (non-hydrogen) atoms. The summed E-state index contributed by atoms with van der Waals surface area (Å²) in [6, 6.07) is 0. The number of esters is 1. The zero-order valence-corrected chi connectivity index (χ0v) is 9.59. The van der Waals surface area contributed by atoms with Gasteiger partial charge in [0.25, 0.3) is 0 Å². The number of carboxylic acid groups (broad SMARTS) is 1. The molecule has 0 amide bonds. The van der Waals surface area contributed by atoms with Gasteiger partial charge in [0.1, 0.15) is 0 Å². The van der Waals surface area contributed by atoms with Crippen LogP contribution in [0.15, 0.2) is 12.2 Å². The van der Waals surface area contributed by atoms with E-state index in [2.05, 4.69) is 0 Å². The third-order valence-corrected chi connectivity index (χ3v) is 4.70. The van der Waals surface area contributed by atoms with Gasteiger partial charge in [-0.2, -0.15) is 0 Å². The average Bonchev–Trinajstić information content (AvgIpc) is 2.65. The standard InChI is InChI=1S/C13H16O4/c14-11(15)9-5-4-8-3-1-2-6-13(8)7-17-12(16)10(9)13/h4-5,8-10H,1-3,6-7H2,(H,14,15)/t8-,9?,10?,13-/m1/s1. The second-order valence-corrected chi connectivity index (χ2v) is 5.42. The maximum atomic E-state index is 11.9. The van der Waals surface area contributed by atoms with Crippen molar-refractivity contribution in [1.82, 2.24) is 0 Å². The summed E-state index contributed by atoms with van der Waals surface area (Å²) in [7, 11) is 0. The van der Waals surface area contributed by atoms with E-state index in [1.807, 2.05) is 6.08 Å². The highest BCUT2D eigenvalue weighted by atomic mass is 16.5. The van der Waals surface area contributed by atoms with Gasteiger partial charge in [0, 0.05) is 5.41 Å². The minimum Gasteiger partial charge on any atom is -0.481 e. The first-order valence-corrected chi connectivity index (χ1v) is 6.23. The lowest BCUT2D eigenvalue weighted by Crippen LogP contribution is -2.47. The van der Waals surface area contributed by atoms with Gasteiger partial charge in [0.2, 0.25) is 0 Å². The molecule has 3 aliphatic rings. The maximum absolute atomic E-state index is 11.9. The highest BCUT2D eigenvalue weighted by molar-refractivity contribution is 5.85. The molecule has 0 radical (unpaired) electrons. The zero-order valence-electron chi connectivity index (χ0n) is 9.59. The maximum Gasteiger partial charge on any atom is 0.311 e. The van der Waals surface area contributed by atoms with Crippen LogP contribution in [0.1, 0.15) is 25.7 Å². The molecule has 92 valence electrons. The van der Waals surface area contributed by atoms with Gasteiger partial charge in [-0.1, -0.05) is 25.0 Å². The Labute approximate surface area is 99.6 Å². The molecule has 1 aliphatic heterocycles. The highest BCUT2D eigenvalue weighted by Crippen LogP contribution is 2.56. The van der Waals surface area contributed by atoms with E-state index in [9.17, 15) is 14.7 Å². The molecule has 2 aliphatic carbocycles. The summed E-state index contributed by atoms with van der Waals surface area (Å²) in [5.74, 6) is -2.06. The van der Waals surface area contributed by atoms with Gasteiger partial charge in [0.05, 0.1) is 18.4 Å². The normalized spacial score (nSPS) is 43.8. The number of carbonyl (C=O) groups is 2. The first-order valence-electron chi connectivity index (χ1n) is 6.23. The van der Waals surface area contributed by atoms with Crippen LogP contribution in [0.2, 0.25) is 0 Å². The van der Waals surface area contributed by atoms with Crippen molar-refractivity contribution >= 4 is 11.9 Å². The molecule has 4 nitrogen and oxygen atoms in total. The second-order valence-electron chi connectivity index (χ2n) is 5.42. The number of carbonyl (C=O) groups excluding carboxylic acids is 1. The number of rotatable bonds is 1. The molecule has 3 rings (SSSR count). The van der Waals surface area contributed by atoms with E-state index in [1.54, 1.807) is 6.08 Å². The lowest BCUT2D eigenvalue weighted by Gasteiger charge is -2.45. The molecule has 2 fully saturated rings. The number of allylic oxidation sites excluding steroid dienone is 1. The summed E-state index contributed by atoms with van der Waals surface area (Å²) in [5.41, 5.74) is -0.229. The molecule has 0 bridgehead atoms. The number of cyclic esters (lactones) is 1. The average molecular weight is 236 g/mol. The van der Waals surface area contributed by atoms with E-state index >= 15 is 0 Å². The first-order chi connectivity index (χ1) is 8.15. The summed E-state index contributed by atoms with van der Waals surface area (Å²) in [6.45, 7) is 0.412. The molecule has 0 aromatic carbocycles. The molecule has 1 heterocycles. The number of aliphatic carboxylic acids is 1. The van der Waals surface area contributed by atoms with Gasteiger partial charge in [-0.3, -0.25) is 9.59 Å². The number of hydrogen-bond donors (Lipinski definition) is 1. The zero-order chi connectivity index (χ0) is 12.0. The van der Waals surface area contributed by atoms with Crippen molar-refractivity contribution in [3.05, 3.63) is 12.2 Å². The van der Waals surface area contributed by atoms with Crippen molar-refractivity contribution in [2.75, 3.05) is 6.61 Å². The Morgan fingerprint density at radius 3 is 3.00 bits per heavy atom. The summed E-state index contributed by atoms with van der Waals surface area (Å²) in [5, 5.41) is 9.23. The largest absolute Gasteiger partial charge is 0.481 e. The number of carboxylic acids is 1. The number of hydrogen-bond acceptors (Lipinski definition) is 3. The Morgan fingerprint density at radius 2 is 2.24 bits per heavy atom. The Bertz CT molecular complexity index is 400. The lowest BCUT2D eigenvalue weighted by atomic mass is 9.55. The summed E-state index contributed by atoms with van der Waals surface area (Å²) in [6.07, 6.45) is 7.92. The highest BCUT2D eigenvalue weighted by Gasteiger charge is 2.60. The molecule has 1 N–H and O–H groups in total. The van der Waals surface area contributed by atoms with E-state index in [0.717, 1.165) is 25.7 Å². The van der Waals surface area contributed by atoms with Gasteiger partial charge in [-0.15, -0.1) is 0 Å². The van der Waals surface area contributed by atoms with Crippen LogP contribution < -0.4 is 0 Å². The topological polar surface area (TPSA) is 63.6 Å². The van der Waals surface area contributed by atoms with E-state index in [4.69, 9.17) is 4.74 Å². The predicted molar refractivity (Wildman–Crippen MR) is 59.1 cm³/mol. The molecular formula is C13H16O4. The van der Waals surface area contributed by atoms with E-state index in [0.29, 0.717) is 12.5 Å². The van der Waals surface area contributed by atoms with E-state index in [1.165, 1.54) is 0 Å². The molecule has 1 saturated heterocycles. The van der Waals surface area contributed by atoms with Crippen LogP contribution in [-0.2, 0) is 14.3 Å². The molecular weight excluding hydrogens is 220 g/mol. The van der Waals surface area contributed by atoms with Crippen LogP contribution in [0.5, 0.6) is 0 Å². The van der Waals surface area contributed by atoms with Crippen molar-refractivity contribution in [2.45, 2.75) is 25.7 Å². The van der Waals surface area contributed by atoms with Gasteiger partial charge < -0.3 is 9.84 Å². The Morgan fingerprint density at radius 1 is 1.41 bits per heavy atom. The van der Waals surface area contributed by atoms with Crippen molar-refractivity contribution < 1.29 is 19.4 Å². The Kier molecular flexibility index (Phi) is 2.28. The molecule has 0 aromatic heterocycles. The van der Waals surface area contributed by atoms with Crippen molar-refractivity contribution in [3.8, 4) is 0 Å². The van der Waals surface area contributed by atoms with Gasteiger partial charge in [-0.05, 0) is 18.8 Å². The van der Waals surface area contributed by atoms with Crippen molar-refractivity contribution in [2.24, 2.45) is 23.2 Å². The van der Waals surface area contributed by atoms with Crippen LogP contribution in [-0.4, -0.2) is 23.7 Å². The fourth-order valence-electron chi connectivity index (χ4n) is 3.86. The monoisotopic (exact) mass is 236 g/mol. The summed E-state index contributed by atoms with van der Waals surface area (Å²) >= 11 is 0. The van der Waals surface area contributed by atoms with Crippen LogP contribution in [0.4, 0.5) is 0 Å². The van der Waals surface area contributed by atoms with Gasteiger partial charge >= 0.3 is 11.9 Å². The lowest BCUT2D eigenvalue weighted by molar-refractivity contribution is -0.151. The SMILES string of the molecule is O=C(O)C1C=C[C@H]2CCCC[C@@]23COC(=O)C13. The van der Waals surface area contributed by atoms with E-state index < -0.39 is 17.8 Å². The molecule has 1 saturated carbocycles. The summed E-state index contributed by atoms with van der Waals surface area (Å²) < 4.78 is 5.20. The molecule has 4 atom stereocenters. The van der Waals surface area contributed by atoms with Gasteiger partial charge in [-0.25, -0.2) is 0 Å². The third kappa shape index (κ3) is 1.36. The molecule has 0 aromatic rings. The second kappa shape index (κ2) is 3.59.